The zero-order valence-corrected chi connectivity index (χ0v) is 9.63. The Labute approximate surface area is 95.1 Å². The van der Waals surface area contributed by atoms with E-state index in [2.05, 4.69) is 28.1 Å². The molecule has 3 nitrogen and oxygen atoms in total. The van der Waals surface area contributed by atoms with Gasteiger partial charge in [-0.25, -0.2) is 0 Å². The summed E-state index contributed by atoms with van der Waals surface area (Å²) in [5, 5.41) is 3.37. The topological polar surface area (TPSA) is 37.8 Å². The molecule has 1 aromatic heterocycles. The summed E-state index contributed by atoms with van der Waals surface area (Å²) in [5.41, 5.74) is 0.972. The van der Waals surface area contributed by atoms with Gasteiger partial charge in [-0.15, -0.1) is 18.2 Å². The summed E-state index contributed by atoms with van der Waals surface area (Å²) < 4.78 is 0. The third kappa shape index (κ3) is 4.82. The van der Waals surface area contributed by atoms with E-state index in [1.54, 1.807) is 30.4 Å². The van der Waals surface area contributed by atoms with Crippen molar-refractivity contribution in [3.63, 3.8) is 0 Å². The Balaban J connectivity index is 2.20. The molecule has 0 saturated carbocycles. The molecule has 0 spiro atoms. The van der Waals surface area contributed by atoms with Crippen LogP contribution in [-0.4, -0.2) is 28.0 Å². The predicted octanol–water partition coefficient (Wildman–Crippen LogP) is 1.49. The Morgan fingerprint density at radius 3 is 3.13 bits per heavy atom. The summed E-state index contributed by atoms with van der Waals surface area (Å²) in [6.45, 7) is 3.01. The van der Waals surface area contributed by atoms with Crippen LogP contribution in [0.15, 0.2) is 18.6 Å². The van der Waals surface area contributed by atoms with Crippen LogP contribution in [0.5, 0.6) is 0 Å². The van der Waals surface area contributed by atoms with E-state index in [4.69, 9.17) is 6.42 Å². The second-order valence-corrected chi connectivity index (χ2v) is 4.17. The largest absolute Gasteiger partial charge is 0.308 e. The Kier molecular flexibility index (Phi) is 5.83. The average molecular weight is 221 g/mol. The number of nitrogens with one attached hydrogen (secondary N) is 1. The minimum Gasteiger partial charge on any atom is -0.308 e. The molecule has 0 radical (unpaired) electrons. The van der Waals surface area contributed by atoms with E-state index in [-0.39, 0.29) is 6.04 Å². The highest BCUT2D eigenvalue weighted by atomic mass is 32.2. The van der Waals surface area contributed by atoms with Gasteiger partial charge in [-0.05, 0) is 6.92 Å². The minimum atomic E-state index is 0.241. The first kappa shape index (κ1) is 12.0. The van der Waals surface area contributed by atoms with Crippen LogP contribution in [0.25, 0.3) is 0 Å². The first-order valence-corrected chi connectivity index (χ1v) is 6.00. The van der Waals surface area contributed by atoms with E-state index in [9.17, 15) is 0 Å². The fourth-order valence-electron chi connectivity index (χ4n) is 1.12. The van der Waals surface area contributed by atoms with Crippen LogP contribution in [-0.2, 0) is 0 Å². The number of nitrogens with zero attached hydrogens (tertiary/aromatic N) is 2. The van der Waals surface area contributed by atoms with E-state index < -0.39 is 0 Å². The number of hydrogen-bond acceptors (Lipinski definition) is 4. The number of terminal acetylenes is 1. The molecule has 0 amide bonds. The van der Waals surface area contributed by atoms with E-state index >= 15 is 0 Å². The Morgan fingerprint density at radius 1 is 1.60 bits per heavy atom. The molecule has 80 valence electrons. The predicted molar refractivity (Wildman–Crippen MR) is 64.6 cm³/mol. The normalized spacial score (nSPS) is 12.0. The van der Waals surface area contributed by atoms with Gasteiger partial charge in [0.15, 0.2) is 0 Å². The van der Waals surface area contributed by atoms with Gasteiger partial charge >= 0.3 is 0 Å². The maximum atomic E-state index is 5.15. The van der Waals surface area contributed by atoms with Crippen molar-refractivity contribution in [2.75, 3.05) is 18.1 Å². The van der Waals surface area contributed by atoms with Crippen molar-refractivity contribution in [2.24, 2.45) is 0 Å². The van der Waals surface area contributed by atoms with Crippen molar-refractivity contribution in [3.05, 3.63) is 24.3 Å². The van der Waals surface area contributed by atoms with Crippen molar-refractivity contribution in [1.29, 1.82) is 0 Å². The number of thioether (sulfide) groups is 1. The molecule has 1 unspecified atom stereocenters. The molecule has 0 aromatic carbocycles. The smallest absolute Gasteiger partial charge is 0.0753 e. The molecule has 4 heteroatoms. The van der Waals surface area contributed by atoms with Crippen molar-refractivity contribution < 1.29 is 0 Å². The first-order chi connectivity index (χ1) is 7.34. The molecule has 0 aliphatic rings. The quantitative estimate of drug-likeness (QED) is 0.583. The van der Waals surface area contributed by atoms with Crippen molar-refractivity contribution in [1.82, 2.24) is 15.3 Å². The lowest BCUT2D eigenvalue weighted by Crippen LogP contribution is -2.22. The lowest BCUT2D eigenvalue weighted by Gasteiger charge is -2.11. The van der Waals surface area contributed by atoms with Crippen LogP contribution in [0.1, 0.15) is 18.7 Å². The molecule has 1 aromatic rings. The van der Waals surface area contributed by atoms with E-state index in [1.807, 2.05) is 0 Å². The Hall–Kier alpha value is -1.05. The van der Waals surface area contributed by atoms with E-state index in [1.165, 1.54) is 0 Å². The SMILES string of the molecule is C#CCSCCNC(C)c1cnccn1. The molecule has 0 saturated heterocycles. The summed E-state index contributed by atoms with van der Waals surface area (Å²) in [6.07, 6.45) is 10.3. The van der Waals surface area contributed by atoms with Gasteiger partial charge in [0.05, 0.1) is 11.4 Å². The van der Waals surface area contributed by atoms with Gasteiger partial charge in [-0.2, -0.15) is 0 Å². The first-order valence-electron chi connectivity index (χ1n) is 4.85. The summed E-state index contributed by atoms with van der Waals surface area (Å²) in [6, 6.07) is 0.241. The summed E-state index contributed by atoms with van der Waals surface area (Å²) in [5.74, 6) is 4.40. The number of hydrogen-bond donors (Lipinski definition) is 1. The second kappa shape index (κ2) is 7.27. The van der Waals surface area contributed by atoms with Gasteiger partial charge < -0.3 is 5.32 Å². The molecule has 1 heterocycles. The van der Waals surface area contributed by atoms with Gasteiger partial charge in [-0.3, -0.25) is 9.97 Å². The van der Waals surface area contributed by atoms with E-state index in [0.29, 0.717) is 0 Å². The van der Waals surface area contributed by atoms with Gasteiger partial charge in [0.2, 0.25) is 0 Å². The monoisotopic (exact) mass is 221 g/mol. The maximum Gasteiger partial charge on any atom is 0.0753 e. The van der Waals surface area contributed by atoms with Crippen LogP contribution in [0, 0.1) is 12.3 Å². The van der Waals surface area contributed by atoms with Gasteiger partial charge in [0.25, 0.3) is 0 Å². The van der Waals surface area contributed by atoms with Crippen LogP contribution >= 0.6 is 11.8 Å². The van der Waals surface area contributed by atoms with Crippen LogP contribution in [0.2, 0.25) is 0 Å². The van der Waals surface area contributed by atoms with Gasteiger partial charge in [0, 0.05) is 36.9 Å². The minimum absolute atomic E-state index is 0.241. The summed E-state index contributed by atoms with van der Waals surface area (Å²) in [4.78, 5) is 8.26. The second-order valence-electron chi connectivity index (χ2n) is 3.06. The van der Waals surface area contributed by atoms with Gasteiger partial charge in [0.1, 0.15) is 0 Å². The molecule has 1 atom stereocenters. The summed E-state index contributed by atoms with van der Waals surface area (Å²) >= 11 is 1.76. The van der Waals surface area contributed by atoms with Crippen LogP contribution in [0.4, 0.5) is 0 Å². The lowest BCUT2D eigenvalue weighted by molar-refractivity contribution is 0.584. The molecule has 0 aliphatic carbocycles. The molecule has 0 bridgehead atoms. The molecule has 0 aliphatic heterocycles. The third-order valence-electron chi connectivity index (χ3n) is 1.91. The fourth-order valence-corrected chi connectivity index (χ4v) is 1.64. The van der Waals surface area contributed by atoms with Crippen molar-refractivity contribution in [2.45, 2.75) is 13.0 Å². The molecule has 1 rings (SSSR count). The standard InChI is InChI=1S/C11H15N3S/c1-3-7-15-8-6-13-10(2)11-9-12-4-5-14-11/h1,4-5,9-10,13H,6-8H2,2H3. The molecule has 15 heavy (non-hydrogen) atoms. The average Bonchev–Trinajstić information content (AvgIpc) is 2.30. The number of aromatic nitrogens is 2. The van der Waals surface area contributed by atoms with Crippen LogP contribution < -0.4 is 5.32 Å². The highest BCUT2D eigenvalue weighted by molar-refractivity contribution is 7.99. The lowest BCUT2D eigenvalue weighted by atomic mass is 10.2. The van der Waals surface area contributed by atoms with Crippen molar-refractivity contribution in [3.8, 4) is 12.3 Å². The number of rotatable bonds is 6. The Bertz CT molecular complexity index is 307. The fraction of sp³-hybridized carbons (Fsp3) is 0.455. The molecular formula is C11H15N3S. The van der Waals surface area contributed by atoms with Crippen LogP contribution in [0.3, 0.4) is 0 Å². The highest BCUT2D eigenvalue weighted by Crippen LogP contribution is 2.06. The summed E-state index contributed by atoms with van der Waals surface area (Å²) in [7, 11) is 0. The van der Waals surface area contributed by atoms with Gasteiger partial charge in [-0.1, -0.05) is 5.92 Å². The zero-order valence-electron chi connectivity index (χ0n) is 8.81. The molecule has 0 fully saturated rings. The molecular weight excluding hydrogens is 206 g/mol. The highest BCUT2D eigenvalue weighted by Gasteiger charge is 2.04. The maximum absolute atomic E-state index is 5.15. The third-order valence-corrected chi connectivity index (χ3v) is 2.77. The van der Waals surface area contributed by atoms with E-state index in [0.717, 1.165) is 23.7 Å². The Morgan fingerprint density at radius 2 is 2.47 bits per heavy atom. The molecule has 1 N–H and O–H groups in total. The zero-order chi connectivity index (χ0) is 10.9. The van der Waals surface area contributed by atoms with Crippen molar-refractivity contribution >= 4 is 11.8 Å².